The van der Waals surface area contributed by atoms with E-state index in [-0.39, 0.29) is 11.8 Å². The summed E-state index contributed by atoms with van der Waals surface area (Å²) in [7, 11) is 3.80. The molecule has 1 aliphatic carbocycles. The molecule has 1 fully saturated rings. The van der Waals surface area contributed by atoms with Gasteiger partial charge in [-0.25, -0.2) is 4.39 Å². The number of hydrogen-bond donors (Lipinski definition) is 2. The molecule has 2 N–H and O–H groups in total. The van der Waals surface area contributed by atoms with Crippen LogP contribution < -0.4 is 10.2 Å². The number of halogens is 1. The molecular weight excluding hydrogens is 407 g/mol. The molecule has 0 radical (unpaired) electrons. The number of nitrogens with zero attached hydrogens (tertiary/aromatic N) is 5. The standard InChI is InChI=1S/C24H29FN6O/c1-15-7-10-20(28-27-15)16-8-9-18(23(32)13-16)21-11-12-24(30-29-21)31(3)22-14-17(26-2)5-4-6-19(22)25/h7-13,17,19,22,26,32H,4-6,14H2,1-3H3/t17-,19+,22-/m0/s1. The van der Waals surface area contributed by atoms with Crippen molar-refractivity contribution in [2.45, 2.75) is 50.9 Å². The van der Waals surface area contributed by atoms with Gasteiger partial charge in [0.15, 0.2) is 5.82 Å². The average Bonchev–Trinajstić information content (AvgIpc) is 3.00. The number of aryl methyl sites for hydroxylation is 1. The zero-order valence-corrected chi connectivity index (χ0v) is 18.7. The van der Waals surface area contributed by atoms with Gasteiger partial charge in [0.2, 0.25) is 0 Å². The number of alkyl halides is 1. The van der Waals surface area contributed by atoms with Gasteiger partial charge in [-0.1, -0.05) is 6.07 Å². The largest absolute Gasteiger partial charge is 0.507 e. The number of anilines is 1. The molecule has 1 aliphatic rings. The summed E-state index contributed by atoms with van der Waals surface area (Å²) in [5, 5.41) is 30.7. The minimum Gasteiger partial charge on any atom is -0.507 e. The molecule has 0 aliphatic heterocycles. The molecule has 0 unspecified atom stereocenters. The molecule has 2 aromatic heterocycles. The van der Waals surface area contributed by atoms with Gasteiger partial charge in [-0.05, 0) is 76.1 Å². The first-order chi connectivity index (χ1) is 15.5. The van der Waals surface area contributed by atoms with Crippen LogP contribution in [0.25, 0.3) is 22.5 Å². The first kappa shape index (κ1) is 22.1. The lowest BCUT2D eigenvalue weighted by Gasteiger charge is -2.31. The first-order valence-corrected chi connectivity index (χ1v) is 11.0. The second kappa shape index (κ2) is 9.56. The molecule has 32 heavy (non-hydrogen) atoms. The van der Waals surface area contributed by atoms with Gasteiger partial charge in [-0.2, -0.15) is 10.2 Å². The Morgan fingerprint density at radius 1 is 1.00 bits per heavy atom. The van der Waals surface area contributed by atoms with Crippen LogP contribution in [-0.4, -0.2) is 57.9 Å². The monoisotopic (exact) mass is 436 g/mol. The maximum atomic E-state index is 14.8. The Labute approximate surface area is 187 Å². The Bertz CT molecular complexity index is 1040. The predicted molar refractivity (Wildman–Crippen MR) is 123 cm³/mol. The van der Waals surface area contributed by atoms with Crippen molar-refractivity contribution >= 4 is 5.82 Å². The third kappa shape index (κ3) is 4.70. The number of rotatable bonds is 5. The van der Waals surface area contributed by atoms with Crippen LogP contribution in [0.15, 0.2) is 42.5 Å². The van der Waals surface area contributed by atoms with Crippen molar-refractivity contribution in [2.75, 3.05) is 19.0 Å². The van der Waals surface area contributed by atoms with Gasteiger partial charge in [-0.15, -0.1) is 10.2 Å². The first-order valence-electron chi connectivity index (χ1n) is 11.0. The van der Waals surface area contributed by atoms with Crippen LogP contribution in [0.2, 0.25) is 0 Å². The lowest BCUT2D eigenvalue weighted by Crippen LogP contribution is -2.43. The van der Waals surface area contributed by atoms with Gasteiger partial charge in [0.25, 0.3) is 0 Å². The van der Waals surface area contributed by atoms with Crippen molar-refractivity contribution in [2.24, 2.45) is 0 Å². The fourth-order valence-electron chi connectivity index (χ4n) is 4.26. The summed E-state index contributed by atoms with van der Waals surface area (Å²) in [6.07, 6.45) is 2.24. The molecule has 0 bridgehead atoms. The van der Waals surface area contributed by atoms with Crippen molar-refractivity contribution in [3.8, 4) is 28.3 Å². The minimum absolute atomic E-state index is 0.0877. The average molecular weight is 437 g/mol. The number of benzene rings is 1. The van der Waals surface area contributed by atoms with Crippen LogP contribution >= 0.6 is 0 Å². The van der Waals surface area contributed by atoms with Gasteiger partial charge in [0.05, 0.1) is 23.1 Å². The maximum absolute atomic E-state index is 14.8. The molecule has 7 nitrogen and oxygen atoms in total. The molecule has 2 heterocycles. The highest BCUT2D eigenvalue weighted by atomic mass is 19.1. The van der Waals surface area contributed by atoms with Crippen LogP contribution in [-0.2, 0) is 0 Å². The highest BCUT2D eigenvalue weighted by molar-refractivity contribution is 5.73. The molecule has 8 heteroatoms. The summed E-state index contributed by atoms with van der Waals surface area (Å²) in [5.74, 6) is 0.703. The van der Waals surface area contributed by atoms with Crippen LogP contribution in [0.4, 0.5) is 10.2 Å². The molecule has 1 aromatic carbocycles. The molecule has 168 valence electrons. The lowest BCUT2D eigenvalue weighted by molar-refractivity contribution is 0.257. The van der Waals surface area contributed by atoms with E-state index in [1.807, 2.05) is 50.2 Å². The lowest BCUT2D eigenvalue weighted by atomic mass is 10.0. The van der Waals surface area contributed by atoms with E-state index in [9.17, 15) is 9.50 Å². The third-order valence-electron chi connectivity index (χ3n) is 6.26. The zero-order chi connectivity index (χ0) is 22.7. The number of phenols is 1. The van der Waals surface area contributed by atoms with E-state index in [2.05, 4.69) is 25.7 Å². The number of aromatic nitrogens is 4. The Morgan fingerprint density at radius 2 is 1.78 bits per heavy atom. The van der Waals surface area contributed by atoms with Crippen molar-refractivity contribution in [1.29, 1.82) is 0 Å². The van der Waals surface area contributed by atoms with Gasteiger partial charge < -0.3 is 15.3 Å². The van der Waals surface area contributed by atoms with Crippen molar-refractivity contribution < 1.29 is 9.50 Å². The predicted octanol–water partition coefficient (Wildman–Crippen LogP) is 3.92. The maximum Gasteiger partial charge on any atom is 0.151 e. The molecular formula is C24H29FN6O. The van der Waals surface area contributed by atoms with Gasteiger partial charge >= 0.3 is 0 Å². The van der Waals surface area contributed by atoms with E-state index in [0.717, 1.165) is 30.5 Å². The fourth-order valence-corrected chi connectivity index (χ4v) is 4.26. The summed E-state index contributed by atoms with van der Waals surface area (Å²) in [6, 6.07) is 12.7. The molecule has 0 amide bonds. The van der Waals surface area contributed by atoms with Crippen molar-refractivity contribution in [3.63, 3.8) is 0 Å². The number of hydrogen-bond acceptors (Lipinski definition) is 7. The van der Waals surface area contributed by atoms with Crippen molar-refractivity contribution in [3.05, 3.63) is 48.2 Å². The van der Waals surface area contributed by atoms with E-state index in [0.29, 0.717) is 35.2 Å². The van der Waals surface area contributed by atoms with Crippen LogP contribution in [0.1, 0.15) is 31.4 Å². The van der Waals surface area contributed by atoms with E-state index < -0.39 is 6.17 Å². The second-order valence-electron chi connectivity index (χ2n) is 8.42. The SMILES string of the molecule is CN[C@H]1CCC[C@@H](F)[C@@H](N(C)c2ccc(-c3ccc(-c4ccc(C)nn4)cc3O)nn2)C1. The normalized spacial score (nSPS) is 21.2. The Morgan fingerprint density at radius 3 is 2.44 bits per heavy atom. The fraction of sp³-hybridized carbons (Fsp3) is 0.417. The second-order valence-corrected chi connectivity index (χ2v) is 8.42. The smallest absolute Gasteiger partial charge is 0.151 e. The highest BCUT2D eigenvalue weighted by Gasteiger charge is 2.31. The minimum atomic E-state index is -0.902. The van der Waals surface area contributed by atoms with Crippen molar-refractivity contribution in [1.82, 2.24) is 25.7 Å². The van der Waals surface area contributed by atoms with Gasteiger partial charge in [-0.3, -0.25) is 0 Å². The summed E-state index contributed by atoms with van der Waals surface area (Å²) < 4.78 is 14.8. The molecule has 0 spiro atoms. The number of nitrogens with one attached hydrogen (secondary N) is 1. The van der Waals surface area contributed by atoms with Crippen LogP contribution in [0.3, 0.4) is 0 Å². The molecule has 1 saturated carbocycles. The Hall–Kier alpha value is -3.13. The van der Waals surface area contributed by atoms with Gasteiger partial charge in [0, 0.05) is 24.2 Å². The summed E-state index contributed by atoms with van der Waals surface area (Å²) in [6.45, 7) is 1.87. The quantitative estimate of drug-likeness (QED) is 0.586. The third-order valence-corrected chi connectivity index (χ3v) is 6.26. The zero-order valence-electron chi connectivity index (χ0n) is 18.7. The number of phenolic OH excluding ortho intramolecular Hbond substituents is 1. The van der Waals surface area contributed by atoms with E-state index >= 15 is 0 Å². The molecule has 0 saturated heterocycles. The molecule has 3 aromatic rings. The summed E-state index contributed by atoms with van der Waals surface area (Å²) in [5.41, 5.74) is 3.41. The molecule has 3 atom stereocenters. The van der Waals surface area contributed by atoms with E-state index in [1.165, 1.54) is 0 Å². The number of aromatic hydroxyl groups is 1. The van der Waals surface area contributed by atoms with Crippen LogP contribution in [0.5, 0.6) is 5.75 Å². The summed E-state index contributed by atoms with van der Waals surface area (Å²) in [4.78, 5) is 1.89. The van der Waals surface area contributed by atoms with E-state index in [1.54, 1.807) is 18.2 Å². The highest BCUT2D eigenvalue weighted by Crippen LogP contribution is 2.33. The summed E-state index contributed by atoms with van der Waals surface area (Å²) >= 11 is 0. The van der Waals surface area contributed by atoms with Crippen LogP contribution in [0, 0.1) is 6.92 Å². The Balaban J connectivity index is 1.53. The molecule has 4 rings (SSSR count). The Kier molecular flexibility index (Phi) is 6.60. The van der Waals surface area contributed by atoms with E-state index in [4.69, 9.17) is 0 Å². The van der Waals surface area contributed by atoms with Gasteiger partial charge in [0.1, 0.15) is 11.9 Å². The topological polar surface area (TPSA) is 87.1 Å².